The third kappa shape index (κ3) is 5.91. The lowest BCUT2D eigenvalue weighted by atomic mass is 10.3. The number of nitrogens with one attached hydrogen (secondary N) is 2. The predicted octanol–water partition coefficient (Wildman–Crippen LogP) is 4.40. The molecule has 0 fully saturated rings. The van der Waals surface area contributed by atoms with E-state index in [0.29, 0.717) is 26.7 Å². The third-order valence-corrected chi connectivity index (χ3v) is 5.52. The molecule has 0 unspecified atom stereocenters. The van der Waals surface area contributed by atoms with Gasteiger partial charge in [-0.3, -0.25) is 4.79 Å². The van der Waals surface area contributed by atoms with Gasteiger partial charge in [-0.2, -0.15) is 8.78 Å². The molecule has 0 spiro atoms. The van der Waals surface area contributed by atoms with E-state index in [1.165, 1.54) is 23.1 Å². The molecule has 0 aliphatic rings. The first-order chi connectivity index (χ1) is 11.5. The summed E-state index contributed by atoms with van der Waals surface area (Å²) in [6.45, 7) is 4.50. The van der Waals surface area contributed by atoms with Crippen LogP contribution in [0.4, 0.5) is 19.6 Å². The third-order valence-electron chi connectivity index (χ3n) is 2.73. The monoisotopic (exact) mass is 390 g/mol. The summed E-state index contributed by atoms with van der Waals surface area (Å²) in [7, 11) is 0. The van der Waals surface area contributed by atoms with Crippen LogP contribution in [0.3, 0.4) is 0 Å². The number of rotatable bonds is 8. The number of benzene rings is 1. The minimum Gasteiger partial charge on any atom is -0.360 e. The number of hydrogen-bond acceptors (Lipinski definition) is 7. The smallest absolute Gasteiger partial charge is 0.288 e. The Morgan fingerprint density at radius 1 is 1.25 bits per heavy atom. The molecule has 24 heavy (non-hydrogen) atoms. The van der Waals surface area contributed by atoms with E-state index in [0.717, 1.165) is 11.7 Å². The molecule has 1 aromatic heterocycles. The zero-order valence-electron chi connectivity index (χ0n) is 13.0. The molecule has 1 atom stereocenters. The van der Waals surface area contributed by atoms with Crippen molar-refractivity contribution in [3.05, 3.63) is 24.3 Å². The topological polar surface area (TPSA) is 66.9 Å². The Hall–Kier alpha value is -1.39. The molecule has 1 heterocycles. The van der Waals surface area contributed by atoms with E-state index in [1.807, 2.05) is 6.92 Å². The highest BCUT2D eigenvalue weighted by atomic mass is 32.2. The number of thioether (sulfide) groups is 2. The van der Waals surface area contributed by atoms with Gasteiger partial charge in [0.1, 0.15) is 0 Å². The maximum atomic E-state index is 12.3. The minimum absolute atomic E-state index is 0.186. The number of alkyl halides is 2. The summed E-state index contributed by atoms with van der Waals surface area (Å²) >= 11 is 3.18. The molecule has 0 aliphatic heterocycles. The highest BCUT2D eigenvalue weighted by Crippen LogP contribution is 2.30. The lowest BCUT2D eigenvalue weighted by Gasteiger charge is -2.10. The Morgan fingerprint density at radius 3 is 2.58 bits per heavy atom. The Morgan fingerprint density at radius 2 is 1.96 bits per heavy atom. The Bertz CT molecular complexity index is 666. The van der Waals surface area contributed by atoms with E-state index in [4.69, 9.17) is 0 Å². The largest absolute Gasteiger partial charge is 0.360 e. The van der Waals surface area contributed by atoms with Gasteiger partial charge in [0.15, 0.2) is 4.34 Å². The SMILES string of the molecule is CCNc1nnc(S[C@H](C)C(=O)Nc2ccc(SC(F)F)cc2)s1. The summed E-state index contributed by atoms with van der Waals surface area (Å²) in [5.41, 5.74) is 0.566. The highest BCUT2D eigenvalue weighted by Gasteiger charge is 2.17. The van der Waals surface area contributed by atoms with Gasteiger partial charge in [0.25, 0.3) is 5.76 Å². The molecule has 0 saturated carbocycles. The summed E-state index contributed by atoms with van der Waals surface area (Å²) in [5, 5.41) is 14.2. The van der Waals surface area contributed by atoms with Crippen LogP contribution in [0.5, 0.6) is 0 Å². The highest BCUT2D eigenvalue weighted by molar-refractivity contribution is 8.02. The van der Waals surface area contributed by atoms with E-state index < -0.39 is 5.76 Å². The first-order valence-corrected chi connectivity index (χ1v) is 9.65. The fraction of sp³-hybridized carbons (Fsp3) is 0.357. The Kier molecular flexibility index (Phi) is 7.25. The average molecular weight is 391 g/mol. The summed E-state index contributed by atoms with van der Waals surface area (Å²) < 4.78 is 25.2. The second-order valence-electron chi connectivity index (χ2n) is 4.56. The van der Waals surface area contributed by atoms with Gasteiger partial charge < -0.3 is 10.6 Å². The molecule has 0 aliphatic carbocycles. The number of amides is 1. The van der Waals surface area contributed by atoms with Gasteiger partial charge in [-0.25, -0.2) is 0 Å². The lowest BCUT2D eigenvalue weighted by Crippen LogP contribution is -2.22. The molecular formula is C14H16F2N4OS3. The molecule has 130 valence electrons. The number of carbonyl (C=O) groups excluding carboxylic acids is 1. The van der Waals surface area contributed by atoms with Crippen molar-refractivity contribution >= 4 is 51.6 Å². The average Bonchev–Trinajstić information content (AvgIpc) is 2.96. The molecule has 1 amide bonds. The zero-order chi connectivity index (χ0) is 17.5. The van der Waals surface area contributed by atoms with Crippen molar-refractivity contribution in [1.82, 2.24) is 10.2 Å². The van der Waals surface area contributed by atoms with E-state index in [9.17, 15) is 13.6 Å². The molecule has 2 rings (SSSR count). The van der Waals surface area contributed by atoms with Crippen LogP contribution in [0.25, 0.3) is 0 Å². The van der Waals surface area contributed by atoms with Gasteiger partial charge in [-0.15, -0.1) is 10.2 Å². The first kappa shape index (κ1) is 18.9. The minimum atomic E-state index is -2.46. The van der Waals surface area contributed by atoms with Crippen LogP contribution in [0.1, 0.15) is 13.8 Å². The van der Waals surface area contributed by atoms with Crippen molar-refractivity contribution < 1.29 is 13.6 Å². The van der Waals surface area contributed by atoms with Crippen LogP contribution in [-0.4, -0.2) is 33.7 Å². The predicted molar refractivity (Wildman–Crippen MR) is 96.3 cm³/mol. The fourth-order valence-electron chi connectivity index (χ4n) is 1.65. The second kappa shape index (κ2) is 9.19. The summed E-state index contributed by atoms with van der Waals surface area (Å²) in [4.78, 5) is 12.6. The summed E-state index contributed by atoms with van der Waals surface area (Å²) in [5.74, 6) is -2.64. The molecule has 0 bridgehead atoms. The van der Waals surface area contributed by atoms with Gasteiger partial charge in [0.05, 0.1) is 5.25 Å². The quantitative estimate of drug-likeness (QED) is 0.651. The van der Waals surface area contributed by atoms with E-state index in [1.54, 1.807) is 31.2 Å². The van der Waals surface area contributed by atoms with Crippen LogP contribution in [-0.2, 0) is 4.79 Å². The van der Waals surface area contributed by atoms with Crippen LogP contribution >= 0.6 is 34.9 Å². The molecule has 0 saturated heterocycles. The van der Waals surface area contributed by atoms with Gasteiger partial charge in [-0.1, -0.05) is 34.9 Å². The number of hydrogen-bond donors (Lipinski definition) is 2. The van der Waals surface area contributed by atoms with Crippen molar-refractivity contribution in [3.63, 3.8) is 0 Å². The van der Waals surface area contributed by atoms with E-state index in [-0.39, 0.29) is 11.2 Å². The number of carbonyl (C=O) groups is 1. The maximum Gasteiger partial charge on any atom is 0.288 e. The molecule has 5 nitrogen and oxygen atoms in total. The zero-order valence-corrected chi connectivity index (χ0v) is 15.4. The van der Waals surface area contributed by atoms with Crippen LogP contribution < -0.4 is 10.6 Å². The van der Waals surface area contributed by atoms with E-state index >= 15 is 0 Å². The molecule has 1 aromatic carbocycles. The van der Waals surface area contributed by atoms with Gasteiger partial charge in [-0.05, 0) is 38.1 Å². The van der Waals surface area contributed by atoms with Gasteiger partial charge in [0.2, 0.25) is 11.0 Å². The standard InChI is InChI=1S/C14H16F2N4OS3/c1-3-17-13-19-20-14(24-13)22-8(2)11(21)18-9-4-6-10(7-5-9)23-12(15)16/h4-8,12H,3H2,1-2H3,(H,17,19)(H,18,21)/t8-/m1/s1. The molecule has 2 N–H and O–H groups in total. The van der Waals surface area contributed by atoms with Crippen LogP contribution in [0.15, 0.2) is 33.5 Å². The van der Waals surface area contributed by atoms with Gasteiger partial charge >= 0.3 is 0 Å². The molecule has 10 heteroatoms. The first-order valence-electron chi connectivity index (χ1n) is 7.07. The van der Waals surface area contributed by atoms with E-state index in [2.05, 4.69) is 20.8 Å². The van der Waals surface area contributed by atoms with Crippen molar-refractivity contribution in [2.45, 2.75) is 34.1 Å². The van der Waals surface area contributed by atoms with Crippen molar-refractivity contribution in [1.29, 1.82) is 0 Å². The van der Waals surface area contributed by atoms with Gasteiger partial charge in [0, 0.05) is 17.1 Å². The van der Waals surface area contributed by atoms with Crippen molar-refractivity contribution in [2.24, 2.45) is 0 Å². The number of halogens is 2. The Balaban J connectivity index is 1.88. The number of aromatic nitrogens is 2. The number of nitrogens with zero attached hydrogens (tertiary/aromatic N) is 2. The Labute approximate surface area is 151 Å². The summed E-state index contributed by atoms with van der Waals surface area (Å²) in [6.07, 6.45) is 0. The maximum absolute atomic E-state index is 12.3. The van der Waals surface area contributed by atoms with Crippen LogP contribution in [0.2, 0.25) is 0 Å². The summed E-state index contributed by atoms with van der Waals surface area (Å²) in [6, 6.07) is 6.32. The van der Waals surface area contributed by atoms with Crippen molar-refractivity contribution in [2.75, 3.05) is 17.2 Å². The van der Waals surface area contributed by atoms with Crippen molar-refractivity contribution in [3.8, 4) is 0 Å². The second-order valence-corrected chi connectivity index (χ2v) is 8.18. The molecular weight excluding hydrogens is 374 g/mol. The van der Waals surface area contributed by atoms with Crippen LogP contribution in [0, 0.1) is 0 Å². The lowest BCUT2D eigenvalue weighted by molar-refractivity contribution is -0.115. The number of anilines is 2. The fourth-order valence-corrected chi connectivity index (χ4v) is 4.11. The normalized spacial score (nSPS) is 12.2. The molecule has 2 aromatic rings. The molecule has 0 radical (unpaired) electrons.